The minimum atomic E-state index is -0.0848. The summed E-state index contributed by atoms with van der Waals surface area (Å²) in [6.45, 7) is 1.24. The van der Waals surface area contributed by atoms with Gasteiger partial charge in [0.15, 0.2) is 5.16 Å². The van der Waals surface area contributed by atoms with E-state index in [1.807, 2.05) is 48.8 Å². The molecule has 33 heavy (non-hydrogen) atoms. The molecule has 2 N–H and O–H groups in total. The van der Waals surface area contributed by atoms with Crippen molar-refractivity contribution < 1.29 is 4.79 Å². The first-order valence-electron chi connectivity index (χ1n) is 10.6. The highest BCUT2D eigenvalue weighted by Gasteiger charge is 2.07. The van der Waals surface area contributed by atoms with Crippen molar-refractivity contribution in [2.24, 2.45) is 0 Å². The predicted molar refractivity (Wildman–Crippen MR) is 129 cm³/mol. The van der Waals surface area contributed by atoms with Gasteiger partial charge in [-0.3, -0.25) is 9.89 Å². The fourth-order valence-corrected chi connectivity index (χ4v) is 4.28. The van der Waals surface area contributed by atoms with Crippen molar-refractivity contribution in [3.05, 3.63) is 108 Å². The fourth-order valence-electron chi connectivity index (χ4n) is 3.55. The molecule has 0 radical (unpaired) electrons. The van der Waals surface area contributed by atoms with Crippen LogP contribution in [0.1, 0.15) is 27.0 Å². The molecule has 2 heterocycles. The monoisotopic (exact) mass is 454 g/mol. The second-order valence-corrected chi connectivity index (χ2v) is 8.60. The Bertz CT molecular complexity index is 1340. The second kappa shape index (κ2) is 9.70. The van der Waals surface area contributed by atoms with Gasteiger partial charge in [-0.1, -0.05) is 60.3 Å². The summed E-state index contributed by atoms with van der Waals surface area (Å²) in [5.41, 5.74) is 6.13. The lowest BCUT2D eigenvalue weighted by molar-refractivity contribution is 0.0951. The van der Waals surface area contributed by atoms with Gasteiger partial charge in [0.1, 0.15) is 6.33 Å². The van der Waals surface area contributed by atoms with Gasteiger partial charge >= 0.3 is 0 Å². The molecule has 0 unspecified atom stereocenters. The molecule has 1 amide bonds. The molecule has 5 rings (SSSR count). The number of H-pyrrole nitrogens is 1. The Balaban J connectivity index is 1.13. The highest BCUT2D eigenvalue weighted by atomic mass is 32.2. The molecule has 7 nitrogen and oxygen atoms in total. The number of nitrogens with one attached hydrogen (secondary N) is 2. The number of rotatable bonds is 8. The quantitative estimate of drug-likeness (QED) is 0.339. The third kappa shape index (κ3) is 5.12. The maximum Gasteiger partial charge on any atom is 0.251 e. The molecular weight excluding hydrogens is 432 g/mol. The molecular formula is C25H22N6OS. The van der Waals surface area contributed by atoms with Gasteiger partial charge in [0.2, 0.25) is 0 Å². The van der Waals surface area contributed by atoms with Crippen LogP contribution in [0, 0.1) is 0 Å². The van der Waals surface area contributed by atoms with Crippen molar-refractivity contribution in [2.45, 2.75) is 24.0 Å². The van der Waals surface area contributed by atoms with Crippen LogP contribution in [0.5, 0.6) is 0 Å². The molecule has 5 aromatic rings. The molecule has 164 valence electrons. The summed E-state index contributed by atoms with van der Waals surface area (Å²) >= 11 is 1.57. The lowest BCUT2D eigenvalue weighted by Crippen LogP contribution is -2.22. The van der Waals surface area contributed by atoms with Crippen LogP contribution in [-0.4, -0.2) is 30.6 Å². The van der Waals surface area contributed by atoms with Crippen LogP contribution >= 0.6 is 11.8 Å². The summed E-state index contributed by atoms with van der Waals surface area (Å²) in [5.74, 6) is 0.677. The van der Waals surface area contributed by atoms with Crippen molar-refractivity contribution in [3.63, 3.8) is 0 Å². The average Bonchev–Trinajstić information content (AvgIpc) is 3.53. The van der Waals surface area contributed by atoms with Crippen molar-refractivity contribution >= 4 is 28.7 Å². The number of carbonyl (C=O) groups is 1. The van der Waals surface area contributed by atoms with Gasteiger partial charge in [0, 0.05) is 24.4 Å². The van der Waals surface area contributed by atoms with Gasteiger partial charge in [-0.15, -0.1) is 0 Å². The fraction of sp³-hybridized carbons (Fsp3) is 0.120. The Morgan fingerprint density at radius 1 is 0.909 bits per heavy atom. The molecule has 0 bridgehead atoms. The number of thioether (sulfide) groups is 1. The smallest absolute Gasteiger partial charge is 0.251 e. The molecule has 0 aliphatic carbocycles. The first-order valence-corrected chi connectivity index (χ1v) is 11.6. The van der Waals surface area contributed by atoms with Crippen molar-refractivity contribution in [1.29, 1.82) is 0 Å². The van der Waals surface area contributed by atoms with Crippen molar-refractivity contribution in [2.75, 3.05) is 0 Å². The van der Waals surface area contributed by atoms with Crippen molar-refractivity contribution in [3.8, 4) is 0 Å². The van der Waals surface area contributed by atoms with Gasteiger partial charge < -0.3 is 9.88 Å². The number of benzene rings is 3. The minimum Gasteiger partial charge on any atom is -0.348 e. The number of fused-ring (bicyclic) bond motifs is 1. The lowest BCUT2D eigenvalue weighted by atomic mass is 10.1. The molecule has 0 aliphatic rings. The molecule has 0 spiro atoms. The van der Waals surface area contributed by atoms with Crippen LogP contribution in [0.3, 0.4) is 0 Å². The normalized spacial score (nSPS) is 11.0. The zero-order chi connectivity index (χ0) is 22.5. The first-order chi connectivity index (χ1) is 16.2. The molecule has 3 aromatic carbocycles. The molecule has 0 saturated carbocycles. The zero-order valence-corrected chi connectivity index (χ0v) is 18.6. The van der Waals surface area contributed by atoms with E-state index in [2.05, 4.69) is 60.4 Å². The summed E-state index contributed by atoms with van der Waals surface area (Å²) in [5, 5.41) is 10.4. The summed E-state index contributed by atoms with van der Waals surface area (Å²) in [6.07, 6.45) is 3.36. The Labute approximate surface area is 195 Å². The highest BCUT2D eigenvalue weighted by molar-refractivity contribution is 7.98. The van der Waals surface area contributed by atoms with E-state index in [1.54, 1.807) is 11.8 Å². The topological polar surface area (TPSA) is 88.5 Å². The molecule has 0 saturated heterocycles. The summed E-state index contributed by atoms with van der Waals surface area (Å²) < 4.78 is 2.14. The Kier molecular flexibility index (Phi) is 6.16. The van der Waals surface area contributed by atoms with Crippen LogP contribution in [-0.2, 0) is 18.8 Å². The number of nitrogens with zero attached hydrogens (tertiary/aromatic N) is 4. The number of hydrogen-bond acceptors (Lipinski definition) is 5. The van der Waals surface area contributed by atoms with Gasteiger partial charge in [0.05, 0.1) is 17.4 Å². The van der Waals surface area contributed by atoms with Gasteiger partial charge in [0.25, 0.3) is 5.91 Å². The van der Waals surface area contributed by atoms with E-state index in [-0.39, 0.29) is 5.91 Å². The van der Waals surface area contributed by atoms with Crippen LogP contribution in [0.15, 0.2) is 90.6 Å². The number of imidazole rings is 1. The number of aromatic amines is 1. The third-order valence-electron chi connectivity index (χ3n) is 5.34. The van der Waals surface area contributed by atoms with E-state index >= 15 is 0 Å². The number of carbonyl (C=O) groups excluding carboxylic acids is 1. The van der Waals surface area contributed by atoms with Crippen molar-refractivity contribution in [1.82, 2.24) is 30.0 Å². The highest BCUT2D eigenvalue weighted by Crippen LogP contribution is 2.19. The molecule has 0 atom stereocenters. The minimum absolute atomic E-state index is 0.0848. The Morgan fingerprint density at radius 2 is 1.67 bits per heavy atom. The molecule has 2 aromatic heterocycles. The van der Waals surface area contributed by atoms with E-state index in [0.717, 1.165) is 39.6 Å². The molecule has 8 heteroatoms. The summed E-state index contributed by atoms with van der Waals surface area (Å²) in [4.78, 5) is 21.1. The van der Waals surface area contributed by atoms with Crippen LogP contribution in [0.2, 0.25) is 0 Å². The van der Waals surface area contributed by atoms with Crippen LogP contribution in [0.4, 0.5) is 0 Å². The maximum absolute atomic E-state index is 12.5. The number of para-hydroxylation sites is 2. The largest absolute Gasteiger partial charge is 0.348 e. The van der Waals surface area contributed by atoms with E-state index in [0.29, 0.717) is 12.1 Å². The number of aromatic nitrogens is 5. The Hall–Kier alpha value is -3.91. The van der Waals surface area contributed by atoms with E-state index in [4.69, 9.17) is 0 Å². The SMILES string of the molecule is O=C(NCc1ccc(Cn2cnc3ccccc32)cc1)c1ccc(CSc2ncn[nH]2)cc1. The summed E-state index contributed by atoms with van der Waals surface area (Å²) in [6, 6.07) is 24.0. The van der Waals surface area contributed by atoms with Crippen LogP contribution < -0.4 is 5.32 Å². The number of amides is 1. The van der Waals surface area contributed by atoms with Crippen LogP contribution in [0.25, 0.3) is 11.0 Å². The van der Waals surface area contributed by atoms with Gasteiger partial charge in [-0.05, 0) is 41.0 Å². The molecule has 0 fully saturated rings. The number of hydrogen-bond donors (Lipinski definition) is 2. The van der Waals surface area contributed by atoms with E-state index in [1.165, 1.54) is 11.9 Å². The van der Waals surface area contributed by atoms with Gasteiger partial charge in [-0.25, -0.2) is 9.97 Å². The van der Waals surface area contributed by atoms with E-state index < -0.39 is 0 Å². The lowest BCUT2D eigenvalue weighted by Gasteiger charge is -2.08. The standard InChI is InChI=1S/C25H22N6OS/c32-24(21-11-9-20(10-12-21)15-33-25-27-16-29-30-25)26-13-18-5-7-19(8-6-18)14-31-17-28-22-3-1-2-4-23(22)31/h1-12,16-17H,13-15H2,(H,26,32)(H,27,29,30). The third-order valence-corrected chi connectivity index (χ3v) is 6.29. The summed E-state index contributed by atoms with van der Waals surface area (Å²) in [7, 11) is 0. The average molecular weight is 455 g/mol. The Morgan fingerprint density at radius 3 is 2.45 bits per heavy atom. The molecule has 0 aliphatic heterocycles. The second-order valence-electron chi connectivity index (χ2n) is 7.64. The zero-order valence-electron chi connectivity index (χ0n) is 17.8. The maximum atomic E-state index is 12.5. The first kappa shape index (κ1) is 21.0. The van der Waals surface area contributed by atoms with E-state index in [9.17, 15) is 4.79 Å². The predicted octanol–water partition coefficient (Wildman–Crippen LogP) is 4.43. The van der Waals surface area contributed by atoms with Gasteiger partial charge in [-0.2, -0.15) is 5.10 Å².